The summed E-state index contributed by atoms with van der Waals surface area (Å²) in [6, 6.07) is 3.46. The van der Waals surface area contributed by atoms with Gasteiger partial charge in [-0.25, -0.2) is 4.79 Å². The van der Waals surface area contributed by atoms with E-state index < -0.39 is 0 Å². The van der Waals surface area contributed by atoms with Crippen molar-refractivity contribution in [3.05, 3.63) is 30.1 Å². The van der Waals surface area contributed by atoms with Gasteiger partial charge in [0.25, 0.3) is 0 Å². The smallest absolute Gasteiger partial charge is 0.315 e. The van der Waals surface area contributed by atoms with E-state index in [1.165, 1.54) is 0 Å². The molecule has 0 spiro atoms. The normalized spacial score (nSPS) is 14.7. The molecule has 21 heavy (non-hydrogen) atoms. The molecular formula is C15H22N4O2. The molecule has 3 amide bonds. The van der Waals surface area contributed by atoms with E-state index in [9.17, 15) is 9.59 Å². The van der Waals surface area contributed by atoms with Crippen LogP contribution in [0.15, 0.2) is 24.5 Å². The first-order valence-corrected chi connectivity index (χ1v) is 7.44. The molecule has 0 aromatic carbocycles. The predicted octanol–water partition coefficient (Wildman–Crippen LogP) is 1.19. The minimum atomic E-state index is -0.234. The van der Waals surface area contributed by atoms with Crippen LogP contribution in [0.1, 0.15) is 31.2 Å². The Hall–Kier alpha value is -2.11. The Morgan fingerprint density at radius 3 is 2.43 bits per heavy atom. The molecule has 114 valence electrons. The highest BCUT2D eigenvalue weighted by Gasteiger charge is 2.21. The molecule has 1 fully saturated rings. The molecule has 0 aliphatic heterocycles. The zero-order valence-corrected chi connectivity index (χ0v) is 12.1. The number of hydrogen-bond donors (Lipinski definition) is 3. The number of urea groups is 1. The Morgan fingerprint density at radius 2 is 1.71 bits per heavy atom. The summed E-state index contributed by atoms with van der Waals surface area (Å²) in [6.45, 7) is 1.36. The predicted molar refractivity (Wildman–Crippen MR) is 79.4 cm³/mol. The Bertz CT molecular complexity index is 458. The van der Waals surface area contributed by atoms with Gasteiger partial charge in [0.1, 0.15) is 0 Å². The number of aromatic nitrogens is 1. The van der Waals surface area contributed by atoms with Crippen LogP contribution in [0.2, 0.25) is 0 Å². The third-order valence-electron chi connectivity index (χ3n) is 3.64. The fraction of sp³-hybridized carbons (Fsp3) is 0.533. The van der Waals surface area contributed by atoms with Gasteiger partial charge in [0.2, 0.25) is 5.91 Å². The molecule has 1 heterocycles. The average Bonchev–Trinajstić information content (AvgIpc) is 3.05. The highest BCUT2D eigenvalue weighted by Crippen LogP contribution is 2.24. The highest BCUT2D eigenvalue weighted by atomic mass is 16.2. The zero-order chi connectivity index (χ0) is 14.9. The molecular weight excluding hydrogens is 268 g/mol. The number of carbonyl (C=O) groups is 2. The van der Waals surface area contributed by atoms with Gasteiger partial charge in [0, 0.05) is 37.9 Å². The van der Waals surface area contributed by atoms with Crippen molar-refractivity contribution in [1.29, 1.82) is 0 Å². The standard InChI is InChI=1S/C15H22N4O2/c20-14(13-3-1-2-4-13)17-9-10-18-15(21)19-11-12-5-7-16-8-6-12/h5-8,13H,1-4,9-11H2,(H,17,20)(H2,18,19,21). The molecule has 0 bridgehead atoms. The minimum Gasteiger partial charge on any atom is -0.354 e. The van der Waals surface area contributed by atoms with Gasteiger partial charge in [-0.05, 0) is 30.5 Å². The first-order valence-electron chi connectivity index (χ1n) is 7.44. The Labute approximate surface area is 124 Å². The van der Waals surface area contributed by atoms with E-state index in [1.807, 2.05) is 12.1 Å². The minimum absolute atomic E-state index is 0.117. The van der Waals surface area contributed by atoms with Crippen molar-refractivity contribution < 1.29 is 9.59 Å². The van der Waals surface area contributed by atoms with Crippen LogP contribution in [-0.4, -0.2) is 30.0 Å². The topological polar surface area (TPSA) is 83.1 Å². The maximum absolute atomic E-state index is 11.8. The van der Waals surface area contributed by atoms with Gasteiger partial charge in [-0.3, -0.25) is 9.78 Å². The average molecular weight is 290 g/mol. The van der Waals surface area contributed by atoms with E-state index in [1.54, 1.807) is 12.4 Å². The lowest BCUT2D eigenvalue weighted by atomic mass is 10.1. The van der Waals surface area contributed by atoms with Crippen LogP contribution in [0.25, 0.3) is 0 Å². The zero-order valence-electron chi connectivity index (χ0n) is 12.1. The Morgan fingerprint density at radius 1 is 1.05 bits per heavy atom. The summed E-state index contributed by atoms with van der Waals surface area (Å²) in [7, 11) is 0. The molecule has 1 saturated carbocycles. The third kappa shape index (κ3) is 5.41. The number of nitrogens with one attached hydrogen (secondary N) is 3. The number of rotatable bonds is 6. The molecule has 2 rings (SSSR count). The van der Waals surface area contributed by atoms with Crippen LogP contribution in [0, 0.1) is 5.92 Å². The van der Waals surface area contributed by atoms with E-state index in [-0.39, 0.29) is 17.9 Å². The van der Waals surface area contributed by atoms with Crippen LogP contribution < -0.4 is 16.0 Å². The van der Waals surface area contributed by atoms with Crippen LogP contribution >= 0.6 is 0 Å². The van der Waals surface area contributed by atoms with Crippen LogP contribution in [0.5, 0.6) is 0 Å². The quantitative estimate of drug-likeness (QED) is 0.688. The summed E-state index contributed by atoms with van der Waals surface area (Å²) in [5.41, 5.74) is 0.995. The van der Waals surface area contributed by atoms with Gasteiger partial charge in [-0.1, -0.05) is 12.8 Å². The van der Waals surface area contributed by atoms with Gasteiger partial charge < -0.3 is 16.0 Å². The monoisotopic (exact) mass is 290 g/mol. The third-order valence-corrected chi connectivity index (χ3v) is 3.64. The molecule has 0 saturated heterocycles. The second kappa shape index (κ2) is 8.24. The molecule has 0 unspecified atom stereocenters. The maximum atomic E-state index is 11.8. The number of hydrogen-bond acceptors (Lipinski definition) is 3. The van der Waals surface area contributed by atoms with Gasteiger partial charge in [-0.15, -0.1) is 0 Å². The molecule has 3 N–H and O–H groups in total. The molecule has 6 nitrogen and oxygen atoms in total. The maximum Gasteiger partial charge on any atom is 0.315 e. The lowest BCUT2D eigenvalue weighted by Crippen LogP contribution is -2.41. The number of nitrogens with zero attached hydrogens (tertiary/aromatic N) is 1. The summed E-state index contributed by atoms with van der Waals surface area (Å²) in [5, 5.41) is 8.33. The summed E-state index contributed by atoms with van der Waals surface area (Å²) in [5.74, 6) is 0.289. The number of pyridine rings is 1. The highest BCUT2D eigenvalue weighted by molar-refractivity contribution is 5.79. The lowest BCUT2D eigenvalue weighted by molar-refractivity contribution is -0.124. The second-order valence-electron chi connectivity index (χ2n) is 5.24. The SMILES string of the molecule is O=C(NCCNC(=O)C1CCCC1)NCc1ccncc1. The van der Waals surface area contributed by atoms with Gasteiger partial charge >= 0.3 is 6.03 Å². The second-order valence-corrected chi connectivity index (χ2v) is 5.24. The largest absolute Gasteiger partial charge is 0.354 e. The fourth-order valence-electron chi connectivity index (χ4n) is 2.44. The van der Waals surface area contributed by atoms with E-state index in [0.717, 1.165) is 31.2 Å². The molecule has 6 heteroatoms. The first-order chi connectivity index (χ1) is 10.3. The lowest BCUT2D eigenvalue weighted by Gasteiger charge is -2.11. The molecule has 1 aliphatic carbocycles. The number of amides is 3. The Balaban J connectivity index is 1.54. The molecule has 0 atom stereocenters. The van der Waals surface area contributed by atoms with Crippen LogP contribution in [-0.2, 0) is 11.3 Å². The molecule has 1 aromatic heterocycles. The summed E-state index contributed by atoms with van der Waals surface area (Å²) < 4.78 is 0. The van der Waals surface area contributed by atoms with Crippen molar-refractivity contribution in [2.24, 2.45) is 5.92 Å². The first kappa shape index (κ1) is 15.3. The number of carbonyl (C=O) groups excluding carboxylic acids is 2. The summed E-state index contributed by atoms with van der Waals surface area (Å²) in [4.78, 5) is 27.2. The van der Waals surface area contributed by atoms with Gasteiger partial charge in [0.05, 0.1) is 0 Å². The van der Waals surface area contributed by atoms with Crippen LogP contribution in [0.3, 0.4) is 0 Å². The van der Waals surface area contributed by atoms with E-state index in [4.69, 9.17) is 0 Å². The van der Waals surface area contributed by atoms with Crippen molar-refractivity contribution in [1.82, 2.24) is 20.9 Å². The van der Waals surface area contributed by atoms with Crippen molar-refractivity contribution in [2.75, 3.05) is 13.1 Å². The van der Waals surface area contributed by atoms with E-state index in [2.05, 4.69) is 20.9 Å². The Kier molecular flexibility index (Phi) is 5.99. The van der Waals surface area contributed by atoms with Crippen LogP contribution in [0.4, 0.5) is 4.79 Å². The summed E-state index contributed by atoms with van der Waals surface area (Å²) >= 11 is 0. The summed E-state index contributed by atoms with van der Waals surface area (Å²) in [6.07, 6.45) is 7.65. The van der Waals surface area contributed by atoms with E-state index in [0.29, 0.717) is 19.6 Å². The van der Waals surface area contributed by atoms with Crippen molar-refractivity contribution >= 4 is 11.9 Å². The van der Waals surface area contributed by atoms with E-state index >= 15 is 0 Å². The van der Waals surface area contributed by atoms with Gasteiger partial charge in [0.15, 0.2) is 0 Å². The van der Waals surface area contributed by atoms with Crippen molar-refractivity contribution in [2.45, 2.75) is 32.2 Å². The van der Waals surface area contributed by atoms with Gasteiger partial charge in [-0.2, -0.15) is 0 Å². The molecule has 1 aromatic rings. The fourth-order valence-corrected chi connectivity index (χ4v) is 2.44. The molecule has 0 radical (unpaired) electrons. The van der Waals surface area contributed by atoms with Crippen molar-refractivity contribution in [3.8, 4) is 0 Å². The molecule has 1 aliphatic rings. The van der Waals surface area contributed by atoms with Crippen molar-refractivity contribution in [3.63, 3.8) is 0 Å².